The fraction of sp³-hybridized carbons (Fsp3) is 0.531. The SMILES string of the molecule is CCCC#Cc1c(-c2ccc(CC(CF)CCCC)cn2)n(C2CCC2)c2cc(C3CC3)c(F)cc12. The molecular weight excluding hydrogens is 450 g/mol. The van der Waals surface area contributed by atoms with Gasteiger partial charge in [0.25, 0.3) is 0 Å². The molecule has 1 atom stereocenters. The van der Waals surface area contributed by atoms with Crippen LogP contribution in [0.15, 0.2) is 30.5 Å². The van der Waals surface area contributed by atoms with Crippen LogP contribution in [-0.4, -0.2) is 16.2 Å². The molecule has 0 amide bonds. The second-order valence-electron chi connectivity index (χ2n) is 10.8. The lowest BCUT2D eigenvalue weighted by molar-refractivity contribution is 0.324. The predicted molar refractivity (Wildman–Crippen MR) is 144 cm³/mol. The summed E-state index contributed by atoms with van der Waals surface area (Å²) in [6.07, 6.45) is 13.1. The molecule has 0 bridgehead atoms. The highest BCUT2D eigenvalue weighted by atomic mass is 19.1. The van der Waals surface area contributed by atoms with Crippen molar-refractivity contribution in [3.63, 3.8) is 0 Å². The summed E-state index contributed by atoms with van der Waals surface area (Å²) in [4.78, 5) is 4.89. The molecule has 0 N–H and O–H groups in total. The number of alkyl halides is 1. The molecule has 0 saturated heterocycles. The Bertz CT molecular complexity index is 1250. The standard InChI is InChI=1S/C32H38F2N2/c1-3-5-7-12-26-28-18-29(34)27(24-14-15-24)19-31(28)36(25-10-8-11-25)32(26)30-16-13-23(21-35-30)17-22(20-33)9-6-4-2/h13,16,18-19,21-22,24-25H,3-6,8-11,14-15,17,20H2,1-2H3. The minimum Gasteiger partial charge on any atom is -0.335 e. The van der Waals surface area contributed by atoms with Gasteiger partial charge in [0.05, 0.1) is 29.1 Å². The molecule has 1 aromatic carbocycles. The largest absolute Gasteiger partial charge is 0.335 e. The lowest BCUT2D eigenvalue weighted by atomic mass is 9.92. The first kappa shape index (κ1) is 25.0. The molecule has 2 nitrogen and oxygen atoms in total. The molecule has 2 aliphatic carbocycles. The molecule has 2 heterocycles. The zero-order valence-electron chi connectivity index (χ0n) is 21.8. The molecular formula is C32H38F2N2. The Balaban J connectivity index is 1.60. The van der Waals surface area contributed by atoms with Crippen molar-refractivity contribution in [3.05, 3.63) is 53.0 Å². The Kier molecular flexibility index (Phi) is 7.75. The molecule has 190 valence electrons. The summed E-state index contributed by atoms with van der Waals surface area (Å²) in [5.74, 6) is 7.05. The van der Waals surface area contributed by atoms with Gasteiger partial charge >= 0.3 is 0 Å². The first-order valence-corrected chi connectivity index (χ1v) is 14.0. The number of hydrogen-bond acceptors (Lipinski definition) is 1. The first-order chi connectivity index (χ1) is 17.6. The fourth-order valence-corrected chi connectivity index (χ4v) is 5.48. The Morgan fingerprint density at radius 3 is 2.56 bits per heavy atom. The van der Waals surface area contributed by atoms with E-state index in [1.165, 1.54) is 6.42 Å². The molecule has 2 aromatic heterocycles. The van der Waals surface area contributed by atoms with Gasteiger partial charge in [-0.1, -0.05) is 44.6 Å². The lowest BCUT2D eigenvalue weighted by Crippen LogP contribution is -2.18. The Labute approximate surface area is 214 Å². The van der Waals surface area contributed by atoms with Crippen LogP contribution in [-0.2, 0) is 6.42 Å². The van der Waals surface area contributed by atoms with E-state index >= 15 is 4.39 Å². The summed E-state index contributed by atoms with van der Waals surface area (Å²) in [5, 5.41) is 0.908. The molecule has 36 heavy (non-hydrogen) atoms. The molecule has 1 unspecified atom stereocenters. The van der Waals surface area contributed by atoms with Crippen molar-refractivity contribution < 1.29 is 8.78 Å². The first-order valence-electron chi connectivity index (χ1n) is 14.0. The number of hydrogen-bond donors (Lipinski definition) is 0. The van der Waals surface area contributed by atoms with Crippen LogP contribution in [0.5, 0.6) is 0 Å². The maximum Gasteiger partial charge on any atom is 0.127 e. The molecule has 4 heteroatoms. The fourth-order valence-electron chi connectivity index (χ4n) is 5.48. The normalized spacial score (nSPS) is 16.6. The van der Waals surface area contributed by atoms with E-state index in [4.69, 9.17) is 4.98 Å². The molecule has 3 aromatic rings. The Morgan fingerprint density at radius 1 is 1.11 bits per heavy atom. The summed E-state index contributed by atoms with van der Waals surface area (Å²) < 4.78 is 31.2. The van der Waals surface area contributed by atoms with Crippen LogP contribution >= 0.6 is 0 Å². The number of benzene rings is 1. The number of unbranched alkanes of at least 4 members (excludes halogenated alkanes) is 2. The van der Waals surface area contributed by atoms with Crippen molar-refractivity contribution in [1.82, 2.24) is 9.55 Å². The molecule has 5 rings (SSSR count). The average Bonchev–Trinajstić information content (AvgIpc) is 3.66. The van der Waals surface area contributed by atoms with Gasteiger partial charge in [-0.15, -0.1) is 0 Å². The number of aromatic nitrogens is 2. The van der Waals surface area contributed by atoms with Crippen molar-refractivity contribution in [2.75, 3.05) is 6.67 Å². The van der Waals surface area contributed by atoms with Crippen LogP contribution < -0.4 is 0 Å². The smallest absolute Gasteiger partial charge is 0.127 e. The molecule has 0 spiro atoms. The van der Waals surface area contributed by atoms with E-state index in [1.54, 1.807) is 6.07 Å². The van der Waals surface area contributed by atoms with Gasteiger partial charge in [0.2, 0.25) is 0 Å². The third-order valence-electron chi connectivity index (χ3n) is 7.94. The van der Waals surface area contributed by atoms with Gasteiger partial charge in [0.1, 0.15) is 5.82 Å². The van der Waals surface area contributed by atoms with E-state index in [0.29, 0.717) is 18.4 Å². The van der Waals surface area contributed by atoms with Gasteiger partial charge in [-0.3, -0.25) is 9.37 Å². The maximum absolute atomic E-state index is 15.2. The van der Waals surface area contributed by atoms with Crippen molar-refractivity contribution >= 4 is 10.9 Å². The zero-order chi connectivity index (χ0) is 25.1. The zero-order valence-corrected chi connectivity index (χ0v) is 21.8. The van der Waals surface area contributed by atoms with E-state index in [0.717, 1.165) is 96.8 Å². The van der Waals surface area contributed by atoms with E-state index in [1.807, 2.05) is 6.20 Å². The summed E-state index contributed by atoms with van der Waals surface area (Å²) in [7, 11) is 0. The molecule has 2 fully saturated rings. The Hall–Kier alpha value is -2.67. The highest BCUT2D eigenvalue weighted by Crippen LogP contribution is 2.46. The molecule has 2 saturated carbocycles. The minimum absolute atomic E-state index is 0.0540. The van der Waals surface area contributed by atoms with Crippen LogP contribution in [0.25, 0.3) is 22.3 Å². The van der Waals surface area contributed by atoms with Gasteiger partial charge < -0.3 is 4.57 Å². The lowest BCUT2D eigenvalue weighted by Gasteiger charge is -2.30. The Morgan fingerprint density at radius 2 is 1.94 bits per heavy atom. The van der Waals surface area contributed by atoms with E-state index in [-0.39, 0.29) is 18.4 Å². The van der Waals surface area contributed by atoms with E-state index < -0.39 is 0 Å². The monoisotopic (exact) mass is 488 g/mol. The van der Waals surface area contributed by atoms with Gasteiger partial charge in [-0.05, 0) is 92.5 Å². The number of halogens is 2. The van der Waals surface area contributed by atoms with Crippen molar-refractivity contribution in [2.45, 2.75) is 96.4 Å². The van der Waals surface area contributed by atoms with Crippen LogP contribution in [0, 0.1) is 23.6 Å². The van der Waals surface area contributed by atoms with Gasteiger partial charge in [0.15, 0.2) is 0 Å². The van der Waals surface area contributed by atoms with Gasteiger partial charge in [-0.2, -0.15) is 0 Å². The summed E-state index contributed by atoms with van der Waals surface area (Å²) in [6.45, 7) is 3.98. The second-order valence-corrected chi connectivity index (χ2v) is 10.8. The second kappa shape index (κ2) is 11.2. The van der Waals surface area contributed by atoms with Crippen molar-refractivity contribution in [3.8, 4) is 23.2 Å². The maximum atomic E-state index is 15.2. The van der Waals surface area contributed by atoms with Crippen LogP contribution in [0.2, 0.25) is 0 Å². The molecule has 0 radical (unpaired) electrons. The highest BCUT2D eigenvalue weighted by Gasteiger charge is 2.32. The number of nitrogens with zero attached hydrogens (tertiary/aromatic N) is 2. The predicted octanol–water partition coefficient (Wildman–Crippen LogP) is 8.91. The minimum atomic E-state index is -0.288. The quantitative estimate of drug-likeness (QED) is 0.261. The highest BCUT2D eigenvalue weighted by molar-refractivity contribution is 5.95. The number of fused-ring (bicyclic) bond motifs is 1. The van der Waals surface area contributed by atoms with Crippen LogP contribution in [0.1, 0.15) is 107 Å². The van der Waals surface area contributed by atoms with Gasteiger partial charge in [0, 0.05) is 24.0 Å². The van der Waals surface area contributed by atoms with Crippen molar-refractivity contribution in [1.29, 1.82) is 0 Å². The van der Waals surface area contributed by atoms with Crippen LogP contribution in [0.4, 0.5) is 8.78 Å². The van der Waals surface area contributed by atoms with Gasteiger partial charge in [-0.25, -0.2) is 4.39 Å². The number of pyridine rings is 1. The third kappa shape index (κ3) is 5.08. The van der Waals surface area contributed by atoms with E-state index in [9.17, 15) is 4.39 Å². The third-order valence-corrected chi connectivity index (χ3v) is 7.94. The molecule has 0 aliphatic heterocycles. The number of rotatable bonds is 10. The summed E-state index contributed by atoms with van der Waals surface area (Å²) >= 11 is 0. The van der Waals surface area contributed by atoms with E-state index in [2.05, 4.69) is 48.5 Å². The summed E-state index contributed by atoms with van der Waals surface area (Å²) in [5.41, 5.74) is 5.82. The van der Waals surface area contributed by atoms with Crippen molar-refractivity contribution in [2.24, 2.45) is 5.92 Å². The topological polar surface area (TPSA) is 17.8 Å². The molecule has 2 aliphatic rings. The summed E-state index contributed by atoms with van der Waals surface area (Å²) in [6, 6.07) is 8.39. The van der Waals surface area contributed by atoms with Crippen LogP contribution in [0.3, 0.4) is 0 Å². The average molecular weight is 489 g/mol.